The number of esters is 1. The van der Waals surface area contributed by atoms with Gasteiger partial charge in [-0.15, -0.1) is 0 Å². The molecule has 0 aliphatic rings. The number of sulfonamides is 1. The summed E-state index contributed by atoms with van der Waals surface area (Å²) in [5.41, 5.74) is 0.402. The standard InChI is InChI=1S/C17H18ClNO5S/c1-4-19(15-8-6-5-7-13(15)17(20)24-3)25(21,22)12-9-10-16(23-2)14(18)11-12/h5-11H,4H2,1-3H3. The minimum atomic E-state index is -3.93. The molecule has 0 aliphatic heterocycles. The summed E-state index contributed by atoms with van der Waals surface area (Å²) < 4.78 is 37.0. The Labute approximate surface area is 152 Å². The van der Waals surface area contributed by atoms with Crippen molar-refractivity contribution in [2.45, 2.75) is 11.8 Å². The Hall–Kier alpha value is -2.25. The van der Waals surface area contributed by atoms with Gasteiger partial charge >= 0.3 is 5.97 Å². The molecule has 0 saturated heterocycles. The zero-order valence-electron chi connectivity index (χ0n) is 14.0. The Balaban J connectivity index is 2.57. The van der Waals surface area contributed by atoms with Crippen molar-refractivity contribution in [1.82, 2.24) is 0 Å². The number of halogens is 1. The quantitative estimate of drug-likeness (QED) is 0.715. The van der Waals surface area contributed by atoms with Gasteiger partial charge in [0.05, 0.1) is 35.4 Å². The maximum absolute atomic E-state index is 13.1. The maximum atomic E-state index is 13.1. The third-order valence-corrected chi connectivity index (χ3v) is 5.76. The van der Waals surface area contributed by atoms with E-state index in [0.717, 1.165) is 4.31 Å². The fourth-order valence-corrected chi connectivity index (χ4v) is 4.22. The number of carbonyl (C=O) groups excluding carboxylic acids is 1. The highest BCUT2D eigenvalue weighted by Crippen LogP contribution is 2.31. The fourth-order valence-electron chi connectivity index (χ4n) is 2.38. The molecule has 0 amide bonds. The van der Waals surface area contributed by atoms with Crippen molar-refractivity contribution < 1.29 is 22.7 Å². The molecule has 0 saturated carbocycles. The van der Waals surface area contributed by atoms with Crippen molar-refractivity contribution in [3.63, 3.8) is 0 Å². The van der Waals surface area contributed by atoms with Gasteiger partial charge < -0.3 is 9.47 Å². The number of methoxy groups -OCH3 is 2. The van der Waals surface area contributed by atoms with Gasteiger partial charge in [-0.3, -0.25) is 4.31 Å². The molecule has 134 valence electrons. The molecule has 6 nitrogen and oxygen atoms in total. The number of rotatable bonds is 6. The van der Waals surface area contributed by atoms with E-state index in [1.807, 2.05) is 0 Å². The van der Waals surface area contributed by atoms with E-state index in [4.69, 9.17) is 21.1 Å². The lowest BCUT2D eigenvalue weighted by molar-refractivity contribution is 0.0601. The van der Waals surface area contributed by atoms with Crippen LogP contribution in [-0.4, -0.2) is 35.2 Å². The zero-order valence-corrected chi connectivity index (χ0v) is 15.6. The summed E-state index contributed by atoms with van der Waals surface area (Å²) in [4.78, 5) is 12.0. The number of benzene rings is 2. The molecule has 0 radical (unpaired) electrons. The van der Waals surface area contributed by atoms with Crippen LogP contribution in [0.2, 0.25) is 5.02 Å². The fraction of sp³-hybridized carbons (Fsp3) is 0.235. The lowest BCUT2D eigenvalue weighted by Gasteiger charge is -2.25. The van der Waals surface area contributed by atoms with Crippen LogP contribution < -0.4 is 9.04 Å². The van der Waals surface area contributed by atoms with E-state index in [1.165, 1.54) is 38.5 Å². The van der Waals surface area contributed by atoms with Gasteiger partial charge in [-0.25, -0.2) is 13.2 Å². The first-order chi connectivity index (χ1) is 11.9. The van der Waals surface area contributed by atoms with Crippen molar-refractivity contribution >= 4 is 33.3 Å². The van der Waals surface area contributed by atoms with E-state index in [1.54, 1.807) is 25.1 Å². The molecule has 2 aromatic rings. The highest BCUT2D eigenvalue weighted by molar-refractivity contribution is 7.92. The molecule has 2 aromatic carbocycles. The zero-order chi connectivity index (χ0) is 18.6. The molecule has 0 aromatic heterocycles. The Morgan fingerprint density at radius 2 is 1.84 bits per heavy atom. The second kappa shape index (κ2) is 7.76. The summed E-state index contributed by atoms with van der Waals surface area (Å²) >= 11 is 6.05. The number of hydrogen-bond donors (Lipinski definition) is 0. The van der Waals surface area contributed by atoms with Crippen molar-refractivity contribution in [3.8, 4) is 5.75 Å². The van der Waals surface area contributed by atoms with Gasteiger partial charge in [-0.2, -0.15) is 0 Å². The molecule has 0 spiro atoms. The summed E-state index contributed by atoms with van der Waals surface area (Å²) in [6, 6.07) is 10.6. The molecule has 0 N–H and O–H groups in total. The molecule has 25 heavy (non-hydrogen) atoms. The smallest absolute Gasteiger partial charge is 0.340 e. The number of para-hydroxylation sites is 1. The molecule has 0 aliphatic carbocycles. The van der Waals surface area contributed by atoms with Crippen LogP contribution in [0.1, 0.15) is 17.3 Å². The van der Waals surface area contributed by atoms with E-state index < -0.39 is 16.0 Å². The summed E-state index contributed by atoms with van der Waals surface area (Å²) in [5, 5.41) is 0.181. The Morgan fingerprint density at radius 1 is 1.16 bits per heavy atom. The van der Waals surface area contributed by atoms with Crippen LogP contribution in [-0.2, 0) is 14.8 Å². The van der Waals surface area contributed by atoms with Gasteiger partial charge in [0.25, 0.3) is 10.0 Å². The largest absolute Gasteiger partial charge is 0.495 e. The average molecular weight is 384 g/mol. The average Bonchev–Trinajstić information content (AvgIpc) is 2.61. The van der Waals surface area contributed by atoms with Gasteiger partial charge in [-0.05, 0) is 37.3 Å². The number of carbonyl (C=O) groups is 1. The first-order valence-corrected chi connectivity index (χ1v) is 9.22. The highest BCUT2D eigenvalue weighted by Gasteiger charge is 2.28. The maximum Gasteiger partial charge on any atom is 0.340 e. The van der Waals surface area contributed by atoms with E-state index in [9.17, 15) is 13.2 Å². The Kier molecular flexibility index (Phi) is 5.92. The third kappa shape index (κ3) is 3.72. The van der Waals surface area contributed by atoms with E-state index in [-0.39, 0.29) is 27.7 Å². The van der Waals surface area contributed by atoms with Crippen LogP contribution in [0.5, 0.6) is 5.75 Å². The molecule has 0 fully saturated rings. The predicted molar refractivity (Wildman–Crippen MR) is 96.0 cm³/mol. The molecule has 0 heterocycles. The van der Waals surface area contributed by atoms with Gasteiger partial charge in [0, 0.05) is 6.54 Å². The van der Waals surface area contributed by atoms with Crippen LogP contribution >= 0.6 is 11.6 Å². The highest BCUT2D eigenvalue weighted by atomic mass is 35.5. The van der Waals surface area contributed by atoms with Crippen LogP contribution in [0.25, 0.3) is 0 Å². The van der Waals surface area contributed by atoms with Gasteiger partial charge in [0.1, 0.15) is 5.75 Å². The third-order valence-electron chi connectivity index (χ3n) is 3.58. The topological polar surface area (TPSA) is 72.9 Å². The summed E-state index contributed by atoms with van der Waals surface area (Å²) in [5.74, 6) is -0.240. The van der Waals surface area contributed by atoms with E-state index in [2.05, 4.69) is 0 Å². The number of ether oxygens (including phenoxy) is 2. The summed E-state index contributed by atoms with van der Waals surface area (Å²) in [7, 11) is -1.24. The number of hydrogen-bond acceptors (Lipinski definition) is 5. The van der Waals surface area contributed by atoms with Crippen LogP contribution in [0, 0.1) is 0 Å². The normalized spacial score (nSPS) is 11.0. The molecular formula is C17H18ClNO5S. The van der Waals surface area contributed by atoms with Crippen molar-refractivity contribution in [2.75, 3.05) is 25.1 Å². The van der Waals surface area contributed by atoms with Crippen LogP contribution in [0.4, 0.5) is 5.69 Å². The lowest BCUT2D eigenvalue weighted by atomic mass is 10.2. The summed E-state index contributed by atoms with van der Waals surface area (Å²) in [6.45, 7) is 1.80. The molecular weight excluding hydrogens is 366 g/mol. The minimum absolute atomic E-state index is 0.000168. The monoisotopic (exact) mass is 383 g/mol. The molecule has 0 bridgehead atoms. The van der Waals surface area contributed by atoms with E-state index in [0.29, 0.717) is 5.75 Å². The molecule has 0 unspecified atom stereocenters. The van der Waals surface area contributed by atoms with E-state index >= 15 is 0 Å². The molecule has 8 heteroatoms. The predicted octanol–water partition coefficient (Wildman–Crippen LogP) is 3.35. The first kappa shape index (κ1) is 19.1. The van der Waals surface area contributed by atoms with Gasteiger partial charge in [0.2, 0.25) is 0 Å². The molecule has 0 atom stereocenters. The first-order valence-electron chi connectivity index (χ1n) is 7.40. The Morgan fingerprint density at radius 3 is 2.40 bits per heavy atom. The second-order valence-electron chi connectivity index (χ2n) is 4.97. The number of anilines is 1. The van der Waals surface area contributed by atoms with Crippen LogP contribution in [0.3, 0.4) is 0 Å². The summed E-state index contributed by atoms with van der Waals surface area (Å²) in [6.07, 6.45) is 0. The van der Waals surface area contributed by atoms with Gasteiger partial charge in [0.15, 0.2) is 0 Å². The van der Waals surface area contributed by atoms with Crippen molar-refractivity contribution in [1.29, 1.82) is 0 Å². The van der Waals surface area contributed by atoms with Crippen molar-refractivity contribution in [2.24, 2.45) is 0 Å². The minimum Gasteiger partial charge on any atom is -0.495 e. The Bertz CT molecular complexity index is 882. The molecule has 2 rings (SSSR count). The lowest BCUT2D eigenvalue weighted by Crippen LogP contribution is -2.32. The van der Waals surface area contributed by atoms with Crippen LogP contribution in [0.15, 0.2) is 47.4 Å². The van der Waals surface area contributed by atoms with Gasteiger partial charge in [-0.1, -0.05) is 23.7 Å². The second-order valence-corrected chi connectivity index (χ2v) is 7.24. The SMILES string of the molecule is CCN(c1ccccc1C(=O)OC)S(=O)(=O)c1ccc(OC)c(Cl)c1. The van der Waals surface area contributed by atoms with Crippen molar-refractivity contribution in [3.05, 3.63) is 53.1 Å². The number of nitrogens with zero attached hydrogens (tertiary/aromatic N) is 1.